The fraction of sp³-hybridized carbons (Fsp3) is 0.333. The molecule has 0 aliphatic heterocycles. The number of hydrogen-bond acceptors (Lipinski definition) is 2. The fourth-order valence-electron chi connectivity index (χ4n) is 2.40. The molecule has 1 aliphatic rings. The molecule has 0 saturated heterocycles. The average Bonchev–Trinajstić information content (AvgIpc) is 2.48. The largest absolute Gasteiger partial charge is 0.481 e. The molecule has 0 unspecified atom stereocenters. The Morgan fingerprint density at radius 3 is 2.30 bits per heavy atom. The number of hydrogen-bond donors (Lipinski definition) is 2. The van der Waals surface area contributed by atoms with E-state index in [9.17, 15) is 27.2 Å². The third kappa shape index (κ3) is 3.88. The number of carboxylic acid groups (broad SMARTS) is 1. The first-order chi connectivity index (χ1) is 10.7. The molecule has 0 saturated carbocycles. The Bertz CT molecular complexity index is 655. The maximum atomic E-state index is 13.6. The average molecular weight is 331 g/mol. The van der Waals surface area contributed by atoms with Crippen molar-refractivity contribution in [2.45, 2.75) is 19.0 Å². The van der Waals surface area contributed by atoms with Gasteiger partial charge < -0.3 is 10.4 Å². The predicted octanol–water partition coefficient (Wildman–Crippen LogP) is 3.45. The summed E-state index contributed by atoms with van der Waals surface area (Å²) in [5.41, 5.74) is -1.73. The van der Waals surface area contributed by atoms with Crippen LogP contribution in [0.2, 0.25) is 0 Å². The highest BCUT2D eigenvalue weighted by Gasteiger charge is 2.35. The van der Waals surface area contributed by atoms with E-state index in [0.717, 1.165) is 0 Å². The third-order valence-electron chi connectivity index (χ3n) is 3.64. The molecule has 23 heavy (non-hydrogen) atoms. The van der Waals surface area contributed by atoms with Gasteiger partial charge in [-0.15, -0.1) is 0 Å². The van der Waals surface area contributed by atoms with Crippen LogP contribution in [0.4, 0.5) is 23.2 Å². The molecule has 1 amide bonds. The van der Waals surface area contributed by atoms with Gasteiger partial charge in [-0.2, -0.15) is 13.2 Å². The number of alkyl halides is 3. The molecule has 0 radical (unpaired) electrons. The number of rotatable bonds is 3. The molecule has 0 aromatic heterocycles. The Morgan fingerprint density at radius 1 is 1.13 bits per heavy atom. The highest BCUT2D eigenvalue weighted by molar-refractivity contribution is 5.95. The monoisotopic (exact) mass is 331 g/mol. The minimum atomic E-state index is -4.68. The summed E-state index contributed by atoms with van der Waals surface area (Å²) >= 11 is 0. The molecule has 0 heterocycles. The van der Waals surface area contributed by atoms with E-state index in [-0.39, 0.29) is 12.8 Å². The summed E-state index contributed by atoms with van der Waals surface area (Å²) in [7, 11) is 0. The lowest BCUT2D eigenvalue weighted by Gasteiger charge is -2.24. The van der Waals surface area contributed by atoms with Crippen LogP contribution in [0.15, 0.2) is 30.4 Å². The van der Waals surface area contributed by atoms with Crippen LogP contribution in [-0.2, 0) is 15.8 Å². The van der Waals surface area contributed by atoms with Crippen molar-refractivity contribution in [2.75, 3.05) is 5.32 Å². The van der Waals surface area contributed by atoms with Crippen LogP contribution in [0, 0.1) is 17.7 Å². The smallest absolute Gasteiger partial charge is 0.416 e. The fourth-order valence-corrected chi connectivity index (χ4v) is 2.40. The quantitative estimate of drug-likeness (QED) is 0.658. The molecule has 124 valence electrons. The Balaban J connectivity index is 2.23. The number of carbonyl (C=O) groups excluding carboxylic acids is 1. The zero-order chi connectivity index (χ0) is 17.2. The van der Waals surface area contributed by atoms with E-state index in [1.807, 2.05) is 0 Å². The third-order valence-corrected chi connectivity index (χ3v) is 3.64. The number of anilines is 1. The van der Waals surface area contributed by atoms with Crippen molar-refractivity contribution in [2.24, 2.45) is 11.8 Å². The van der Waals surface area contributed by atoms with E-state index >= 15 is 0 Å². The zero-order valence-electron chi connectivity index (χ0n) is 11.7. The van der Waals surface area contributed by atoms with E-state index in [1.54, 1.807) is 12.2 Å². The van der Waals surface area contributed by atoms with Gasteiger partial charge in [0, 0.05) is 0 Å². The van der Waals surface area contributed by atoms with E-state index in [1.165, 1.54) is 0 Å². The normalized spacial score (nSPS) is 21.0. The minimum Gasteiger partial charge on any atom is -0.481 e. The van der Waals surface area contributed by atoms with Crippen LogP contribution < -0.4 is 5.32 Å². The summed E-state index contributed by atoms with van der Waals surface area (Å²) in [5.74, 6) is -4.98. The summed E-state index contributed by atoms with van der Waals surface area (Å²) in [5, 5.41) is 11.2. The van der Waals surface area contributed by atoms with Crippen molar-refractivity contribution in [1.29, 1.82) is 0 Å². The van der Waals surface area contributed by atoms with Crippen molar-refractivity contribution in [1.82, 2.24) is 0 Å². The number of benzene rings is 1. The lowest BCUT2D eigenvalue weighted by molar-refractivity contribution is -0.146. The van der Waals surface area contributed by atoms with Crippen LogP contribution in [-0.4, -0.2) is 17.0 Å². The van der Waals surface area contributed by atoms with Crippen molar-refractivity contribution in [3.8, 4) is 0 Å². The van der Waals surface area contributed by atoms with Crippen molar-refractivity contribution >= 4 is 17.6 Å². The van der Waals surface area contributed by atoms with Crippen molar-refractivity contribution < 1.29 is 32.3 Å². The van der Waals surface area contributed by atoms with Gasteiger partial charge in [0.1, 0.15) is 5.82 Å². The number of carbonyl (C=O) groups is 2. The summed E-state index contributed by atoms with van der Waals surface area (Å²) in [6, 6.07) is 1.66. The molecule has 4 nitrogen and oxygen atoms in total. The first-order valence-electron chi connectivity index (χ1n) is 6.75. The van der Waals surface area contributed by atoms with Crippen LogP contribution in [0.1, 0.15) is 18.4 Å². The standard InChI is InChI=1S/C15H13F4NO3/c16-11-6-5-8(15(17,18)19)7-12(11)20-13(21)9-3-1-2-4-10(9)14(22)23/h1-2,5-7,9-10H,3-4H2,(H,20,21)(H,22,23)/t9-,10+/m0/s1. The first kappa shape index (κ1) is 17.0. The number of carboxylic acids is 1. The highest BCUT2D eigenvalue weighted by atomic mass is 19.4. The first-order valence-corrected chi connectivity index (χ1v) is 6.75. The molecule has 1 aliphatic carbocycles. The van der Waals surface area contributed by atoms with E-state index in [0.29, 0.717) is 18.2 Å². The molecule has 2 atom stereocenters. The second-order valence-electron chi connectivity index (χ2n) is 5.18. The van der Waals surface area contributed by atoms with Gasteiger partial charge in [0.25, 0.3) is 0 Å². The van der Waals surface area contributed by atoms with Gasteiger partial charge in [-0.25, -0.2) is 4.39 Å². The molecule has 0 bridgehead atoms. The van der Waals surface area contributed by atoms with Gasteiger partial charge in [-0.05, 0) is 31.0 Å². The Kier molecular flexibility index (Phi) is 4.72. The van der Waals surface area contributed by atoms with E-state index in [2.05, 4.69) is 5.32 Å². The second kappa shape index (κ2) is 6.39. The maximum absolute atomic E-state index is 13.6. The molecular weight excluding hydrogens is 318 g/mol. The highest BCUT2D eigenvalue weighted by Crippen LogP contribution is 2.33. The summed E-state index contributed by atoms with van der Waals surface area (Å²) < 4.78 is 51.5. The molecular formula is C15H13F4NO3. The van der Waals surface area contributed by atoms with Gasteiger partial charge >= 0.3 is 12.1 Å². The Morgan fingerprint density at radius 2 is 1.74 bits per heavy atom. The molecule has 0 fully saturated rings. The molecule has 8 heteroatoms. The lowest BCUT2D eigenvalue weighted by atomic mass is 9.82. The Labute approximate surface area is 128 Å². The number of halogens is 4. The number of nitrogens with one attached hydrogen (secondary N) is 1. The topological polar surface area (TPSA) is 66.4 Å². The van der Waals surface area contributed by atoms with Gasteiger partial charge in [-0.3, -0.25) is 9.59 Å². The lowest BCUT2D eigenvalue weighted by Crippen LogP contribution is -2.35. The SMILES string of the molecule is O=C(Nc1cc(C(F)(F)F)ccc1F)[C@H]1CC=CC[C@H]1C(=O)O. The molecule has 2 rings (SSSR count). The van der Waals surface area contributed by atoms with Crippen LogP contribution in [0.3, 0.4) is 0 Å². The summed E-state index contributed by atoms with van der Waals surface area (Å²) in [4.78, 5) is 23.3. The Hall–Kier alpha value is -2.38. The number of aliphatic carboxylic acids is 1. The predicted molar refractivity (Wildman–Crippen MR) is 73.0 cm³/mol. The van der Waals surface area contributed by atoms with Crippen LogP contribution >= 0.6 is 0 Å². The van der Waals surface area contributed by atoms with Crippen LogP contribution in [0.25, 0.3) is 0 Å². The van der Waals surface area contributed by atoms with Gasteiger partial charge in [0.2, 0.25) is 5.91 Å². The van der Waals surface area contributed by atoms with E-state index in [4.69, 9.17) is 5.11 Å². The molecule has 1 aromatic rings. The van der Waals surface area contributed by atoms with Gasteiger partial charge in [0.05, 0.1) is 23.1 Å². The summed E-state index contributed by atoms with van der Waals surface area (Å²) in [6.07, 6.45) is -1.17. The van der Waals surface area contributed by atoms with Gasteiger partial charge in [0.15, 0.2) is 0 Å². The molecule has 0 spiro atoms. The molecule has 1 aromatic carbocycles. The molecule has 2 N–H and O–H groups in total. The maximum Gasteiger partial charge on any atom is 0.416 e. The number of allylic oxidation sites excluding steroid dienone is 2. The minimum absolute atomic E-state index is 0.128. The van der Waals surface area contributed by atoms with E-state index < -0.39 is 47.0 Å². The second-order valence-corrected chi connectivity index (χ2v) is 5.18. The van der Waals surface area contributed by atoms with Crippen LogP contribution in [0.5, 0.6) is 0 Å². The van der Waals surface area contributed by atoms with Crippen molar-refractivity contribution in [3.05, 3.63) is 41.7 Å². The zero-order valence-corrected chi connectivity index (χ0v) is 11.7. The summed E-state index contributed by atoms with van der Waals surface area (Å²) in [6.45, 7) is 0. The van der Waals surface area contributed by atoms with Gasteiger partial charge in [-0.1, -0.05) is 12.2 Å². The van der Waals surface area contributed by atoms with Crippen molar-refractivity contribution in [3.63, 3.8) is 0 Å². The number of amides is 1.